The van der Waals surface area contributed by atoms with Crippen LogP contribution in [0.15, 0.2) is 48.5 Å². The average molecular weight is 412 g/mol. The van der Waals surface area contributed by atoms with E-state index in [1.165, 1.54) is 0 Å². The zero-order valence-corrected chi connectivity index (χ0v) is 17.4. The third kappa shape index (κ3) is 5.65. The molecule has 0 unspecified atom stereocenters. The Morgan fingerprint density at radius 1 is 1.03 bits per heavy atom. The van der Waals surface area contributed by atoms with E-state index in [1.54, 1.807) is 25.2 Å². The molecule has 0 aromatic heterocycles. The Balaban J connectivity index is 1.43. The molecule has 0 spiro atoms. The molecule has 0 atom stereocenters. The summed E-state index contributed by atoms with van der Waals surface area (Å²) in [5, 5.41) is 2.98. The summed E-state index contributed by atoms with van der Waals surface area (Å²) in [5.74, 6) is 1.25. The molecule has 0 aliphatic carbocycles. The van der Waals surface area contributed by atoms with Crippen molar-refractivity contribution in [1.82, 2.24) is 10.2 Å². The topological polar surface area (TPSA) is 77.1 Å². The third-order valence-corrected chi connectivity index (χ3v) is 5.28. The minimum absolute atomic E-state index is 0.00910. The summed E-state index contributed by atoms with van der Waals surface area (Å²) >= 11 is 0. The number of amides is 2. The van der Waals surface area contributed by atoms with Gasteiger partial charge in [0.05, 0.1) is 14.2 Å². The molecule has 1 N–H and O–H groups in total. The van der Waals surface area contributed by atoms with Crippen LogP contribution < -0.4 is 14.8 Å². The van der Waals surface area contributed by atoms with Crippen LogP contribution in [0.25, 0.3) is 0 Å². The van der Waals surface area contributed by atoms with Crippen LogP contribution in [-0.4, -0.2) is 44.2 Å². The summed E-state index contributed by atoms with van der Waals surface area (Å²) in [6.45, 7) is 1.66. The maximum Gasteiger partial charge on any atom is 0.410 e. The lowest BCUT2D eigenvalue weighted by Crippen LogP contribution is -2.43. The van der Waals surface area contributed by atoms with Gasteiger partial charge in [0.15, 0.2) is 0 Å². The fraction of sp³-hybridized carbons (Fsp3) is 0.391. The van der Waals surface area contributed by atoms with E-state index >= 15 is 0 Å². The number of ether oxygens (including phenoxy) is 3. The molecule has 1 aliphatic heterocycles. The van der Waals surface area contributed by atoms with Crippen LogP contribution in [0.1, 0.15) is 24.0 Å². The lowest BCUT2D eigenvalue weighted by molar-refractivity contribution is -0.126. The number of piperidine rings is 1. The van der Waals surface area contributed by atoms with Gasteiger partial charge in [-0.15, -0.1) is 0 Å². The van der Waals surface area contributed by atoms with Gasteiger partial charge in [-0.25, -0.2) is 4.79 Å². The van der Waals surface area contributed by atoms with E-state index in [-0.39, 0.29) is 24.5 Å². The predicted octanol–water partition coefficient (Wildman–Crippen LogP) is 3.37. The van der Waals surface area contributed by atoms with Crippen molar-refractivity contribution in [3.8, 4) is 11.5 Å². The van der Waals surface area contributed by atoms with E-state index < -0.39 is 0 Å². The molecule has 2 aromatic carbocycles. The Kier molecular flexibility index (Phi) is 7.54. The van der Waals surface area contributed by atoms with Crippen LogP contribution in [0.3, 0.4) is 0 Å². The second-order valence-electron chi connectivity index (χ2n) is 7.20. The summed E-state index contributed by atoms with van der Waals surface area (Å²) in [6, 6.07) is 15.1. The molecule has 3 rings (SSSR count). The highest BCUT2D eigenvalue weighted by Crippen LogP contribution is 2.25. The second kappa shape index (κ2) is 10.5. The summed E-state index contributed by atoms with van der Waals surface area (Å²) < 4.78 is 15.9. The number of nitrogens with zero attached hydrogens (tertiary/aromatic N) is 1. The van der Waals surface area contributed by atoms with Crippen molar-refractivity contribution in [3.05, 3.63) is 59.7 Å². The molecule has 2 aromatic rings. The molecule has 0 radical (unpaired) electrons. The summed E-state index contributed by atoms with van der Waals surface area (Å²) in [7, 11) is 3.19. The largest absolute Gasteiger partial charge is 0.497 e. The number of hydrogen-bond donors (Lipinski definition) is 1. The quantitative estimate of drug-likeness (QED) is 0.755. The summed E-state index contributed by atoms with van der Waals surface area (Å²) in [6.07, 6.45) is 0.901. The number of carbonyl (C=O) groups is 2. The minimum atomic E-state index is -0.333. The smallest absolute Gasteiger partial charge is 0.410 e. The van der Waals surface area contributed by atoms with Crippen molar-refractivity contribution in [1.29, 1.82) is 0 Å². The van der Waals surface area contributed by atoms with Crippen LogP contribution in [0, 0.1) is 5.92 Å². The molecule has 160 valence electrons. The summed E-state index contributed by atoms with van der Waals surface area (Å²) in [5.41, 5.74) is 1.84. The second-order valence-corrected chi connectivity index (χ2v) is 7.20. The van der Waals surface area contributed by atoms with E-state index in [2.05, 4.69) is 5.32 Å². The van der Waals surface area contributed by atoms with Crippen LogP contribution in [0.2, 0.25) is 0 Å². The number of benzene rings is 2. The van der Waals surface area contributed by atoms with Gasteiger partial charge >= 0.3 is 6.09 Å². The van der Waals surface area contributed by atoms with E-state index in [9.17, 15) is 9.59 Å². The Morgan fingerprint density at radius 3 is 2.43 bits per heavy atom. The molecule has 1 aliphatic rings. The van der Waals surface area contributed by atoms with E-state index in [1.807, 2.05) is 42.5 Å². The van der Waals surface area contributed by atoms with E-state index in [4.69, 9.17) is 14.2 Å². The standard InChI is InChI=1S/C23H28N2O5/c1-28-20-9-8-19(21(14-20)29-2)15-24-22(26)18-10-12-25(13-11-18)23(27)30-16-17-6-4-3-5-7-17/h3-9,14,18H,10-13,15-16H2,1-2H3,(H,24,26). The van der Waals surface area contributed by atoms with Crippen molar-refractivity contribution in [3.63, 3.8) is 0 Å². The van der Waals surface area contributed by atoms with Crippen molar-refractivity contribution in [2.75, 3.05) is 27.3 Å². The molecule has 7 heteroatoms. The lowest BCUT2D eigenvalue weighted by atomic mass is 9.96. The molecule has 7 nitrogen and oxygen atoms in total. The highest BCUT2D eigenvalue weighted by Gasteiger charge is 2.28. The Labute approximate surface area is 176 Å². The van der Waals surface area contributed by atoms with Crippen molar-refractivity contribution in [2.45, 2.75) is 26.0 Å². The Morgan fingerprint density at radius 2 is 1.77 bits per heavy atom. The zero-order valence-electron chi connectivity index (χ0n) is 17.4. The van der Waals surface area contributed by atoms with Gasteiger partial charge in [0.1, 0.15) is 18.1 Å². The van der Waals surface area contributed by atoms with Gasteiger partial charge in [0, 0.05) is 37.2 Å². The van der Waals surface area contributed by atoms with Crippen molar-refractivity contribution < 1.29 is 23.8 Å². The first-order valence-electron chi connectivity index (χ1n) is 10.0. The van der Waals surface area contributed by atoms with Gasteiger partial charge in [-0.3, -0.25) is 4.79 Å². The zero-order chi connectivity index (χ0) is 21.3. The van der Waals surface area contributed by atoms with Crippen molar-refractivity contribution in [2.24, 2.45) is 5.92 Å². The van der Waals surface area contributed by atoms with E-state index in [0.29, 0.717) is 44.0 Å². The number of nitrogens with one attached hydrogen (secondary N) is 1. The first-order valence-corrected chi connectivity index (χ1v) is 10.0. The van der Waals surface area contributed by atoms with Crippen LogP contribution in [-0.2, 0) is 22.7 Å². The fourth-order valence-electron chi connectivity index (χ4n) is 3.46. The molecule has 30 heavy (non-hydrogen) atoms. The SMILES string of the molecule is COc1ccc(CNC(=O)C2CCN(C(=O)OCc3ccccc3)CC2)c(OC)c1. The van der Waals surface area contributed by atoms with Crippen molar-refractivity contribution >= 4 is 12.0 Å². The number of methoxy groups -OCH3 is 2. The summed E-state index contributed by atoms with van der Waals surface area (Å²) in [4.78, 5) is 26.5. The average Bonchev–Trinajstić information content (AvgIpc) is 2.81. The van der Waals surface area contributed by atoms with Gasteiger partial charge < -0.3 is 24.4 Å². The normalized spacial score (nSPS) is 14.1. The maximum atomic E-state index is 12.6. The lowest BCUT2D eigenvalue weighted by Gasteiger charge is -2.30. The highest BCUT2D eigenvalue weighted by molar-refractivity contribution is 5.79. The Hall–Kier alpha value is -3.22. The predicted molar refractivity (Wildman–Crippen MR) is 112 cm³/mol. The molecule has 2 amide bonds. The molecule has 0 bridgehead atoms. The molecule has 0 saturated carbocycles. The third-order valence-electron chi connectivity index (χ3n) is 5.28. The van der Waals surface area contributed by atoms with Gasteiger partial charge in [-0.1, -0.05) is 30.3 Å². The highest BCUT2D eigenvalue weighted by atomic mass is 16.6. The minimum Gasteiger partial charge on any atom is -0.497 e. The monoisotopic (exact) mass is 412 g/mol. The van der Waals surface area contributed by atoms with E-state index in [0.717, 1.165) is 11.1 Å². The first-order chi connectivity index (χ1) is 14.6. The maximum absolute atomic E-state index is 12.6. The molecular formula is C23H28N2O5. The van der Waals surface area contributed by atoms with Gasteiger partial charge in [0.25, 0.3) is 0 Å². The van der Waals surface area contributed by atoms with Gasteiger partial charge in [-0.05, 0) is 30.5 Å². The number of carbonyl (C=O) groups excluding carboxylic acids is 2. The Bertz CT molecular complexity index is 848. The molecule has 1 fully saturated rings. The van der Waals surface area contributed by atoms with Crippen LogP contribution in [0.4, 0.5) is 4.79 Å². The molecule has 1 saturated heterocycles. The number of hydrogen-bond acceptors (Lipinski definition) is 5. The van der Waals surface area contributed by atoms with Crippen LogP contribution in [0.5, 0.6) is 11.5 Å². The number of likely N-dealkylation sites (tertiary alicyclic amines) is 1. The molecule has 1 heterocycles. The first kappa shape index (κ1) is 21.5. The molecular weight excluding hydrogens is 384 g/mol. The number of rotatable bonds is 7. The fourth-order valence-corrected chi connectivity index (χ4v) is 3.46. The van der Waals surface area contributed by atoms with Crippen LogP contribution >= 0.6 is 0 Å². The van der Waals surface area contributed by atoms with Gasteiger partial charge in [-0.2, -0.15) is 0 Å². The van der Waals surface area contributed by atoms with Gasteiger partial charge in [0.2, 0.25) is 5.91 Å².